The lowest BCUT2D eigenvalue weighted by Gasteiger charge is -1.92. The summed E-state index contributed by atoms with van der Waals surface area (Å²) in [6, 6.07) is 3.51. The predicted molar refractivity (Wildman–Crippen MR) is 44.4 cm³/mol. The van der Waals surface area contributed by atoms with E-state index in [1.807, 2.05) is 0 Å². The van der Waals surface area contributed by atoms with Gasteiger partial charge in [0.1, 0.15) is 5.76 Å². The van der Waals surface area contributed by atoms with E-state index in [-0.39, 0.29) is 5.97 Å². The Morgan fingerprint density at radius 1 is 1.75 bits per heavy atom. The van der Waals surface area contributed by atoms with Crippen LogP contribution in [0.15, 0.2) is 28.9 Å². The van der Waals surface area contributed by atoms with Crippen LogP contribution < -0.4 is 0 Å². The molecule has 0 N–H and O–H groups in total. The maximum Gasteiger partial charge on any atom is 0.330 e. The van der Waals surface area contributed by atoms with Crippen LogP contribution in [0.4, 0.5) is 0 Å². The highest BCUT2D eigenvalue weighted by Crippen LogP contribution is 2.01. The second-order valence-electron chi connectivity index (χ2n) is 2.10. The molecule has 1 rings (SSSR count). The van der Waals surface area contributed by atoms with Crippen molar-refractivity contribution in [1.82, 2.24) is 0 Å². The van der Waals surface area contributed by atoms with E-state index in [1.54, 1.807) is 31.4 Å². The first kappa shape index (κ1) is 8.59. The third-order valence-electron chi connectivity index (χ3n) is 1.21. The van der Waals surface area contributed by atoms with Crippen LogP contribution in [0, 0.1) is 0 Å². The first-order valence-corrected chi connectivity index (χ1v) is 3.71. The van der Waals surface area contributed by atoms with Crippen LogP contribution in [0.1, 0.15) is 12.7 Å². The summed E-state index contributed by atoms with van der Waals surface area (Å²) >= 11 is 0. The Labute approximate surface area is 70.6 Å². The van der Waals surface area contributed by atoms with Crippen molar-refractivity contribution >= 4 is 12.0 Å². The molecule has 0 aliphatic heterocycles. The quantitative estimate of drug-likeness (QED) is 0.508. The van der Waals surface area contributed by atoms with Gasteiger partial charge in [0.25, 0.3) is 0 Å². The van der Waals surface area contributed by atoms with Crippen LogP contribution in [0.3, 0.4) is 0 Å². The van der Waals surface area contributed by atoms with E-state index in [9.17, 15) is 4.79 Å². The smallest absolute Gasteiger partial charge is 0.330 e. The van der Waals surface area contributed by atoms with Gasteiger partial charge in [0.05, 0.1) is 12.9 Å². The lowest BCUT2D eigenvalue weighted by Crippen LogP contribution is -1.98. The molecule has 0 unspecified atom stereocenters. The zero-order chi connectivity index (χ0) is 8.81. The van der Waals surface area contributed by atoms with Gasteiger partial charge in [-0.1, -0.05) is 0 Å². The molecule has 0 saturated carbocycles. The number of furan rings is 1. The first-order valence-electron chi connectivity index (χ1n) is 3.71. The van der Waals surface area contributed by atoms with Crippen molar-refractivity contribution in [3.63, 3.8) is 0 Å². The number of carbonyl (C=O) groups is 1. The molecule has 3 nitrogen and oxygen atoms in total. The molecule has 0 spiro atoms. The van der Waals surface area contributed by atoms with E-state index in [0.717, 1.165) is 0 Å². The Morgan fingerprint density at radius 2 is 2.58 bits per heavy atom. The summed E-state index contributed by atoms with van der Waals surface area (Å²) < 4.78 is 9.64. The molecule has 12 heavy (non-hydrogen) atoms. The fourth-order valence-corrected chi connectivity index (χ4v) is 0.727. The van der Waals surface area contributed by atoms with Crippen molar-refractivity contribution in [2.45, 2.75) is 6.92 Å². The highest BCUT2D eigenvalue weighted by Gasteiger charge is 1.93. The van der Waals surface area contributed by atoms with E-state index in [0.29, 0.717) is 12.4 Å². The summed E-state index contributed by atoms with van der Waals surface area (Å²) in [5, 5.41) is 0. The molecule has 1 heterocycles. The Balaban J connectivity index is 2.45. The maximum atomic E-state index is 10.8. The van der Waals surface area contributed by atoms with E-state index in [1.165, 1.54) is 6.08 Å². The molecule has 0 fully saturated rings. The predicted octanol–water partition coefficient (Wildman–Crippen LogP) is 1.86. The van der Waals surface area contributed by atoms with Gasteiger partial charge in [0.15, 0.2) is 0 Å². The van der Waals surface area contributed by atoms with Crippen molar-refractivity contribution in [3.05, 3.63) is 30.2 Å². The summed E-state index contributed by atoms with van der Waals surface area (Å²) in [6.45, 7) is 2.15. The van der Waals surface area contributed by atoms with Crippen molar-refractivity contribution in [3.8, 4) is 0 Å². The molecular weight excluding hydrogens is 156 g/mol. The van der Waals surface area contributed by atoms with Gasteiger partial charge in [-0.15, -0.1) is 0 Å². The number of esters is 1. The second-order valence-corrected chi connectivity index (χ2v) is 2.10. The minimum absolute atomic E-state index is 0.353. The molecule has 0 amide bonds. The summed E-state index contributed by atoms with van der Waals surface area (Å²) in [5.41, 5.74) is 0. The highest BCUT2D eigenvalue weighted by molar-refractivity contribution is 5.86. The molecule has 0 saturated heterocycles. The number of ether oxygens (including phenoxy) is 1. The summed E-state index contributed by atoms with van der Waals surface area (Å²) in [6.07, 6.45) is 4.45. The zero-order valence-electron chi connectivity index (χ0n) is 6.82. The molecule has 64 valence electrons. The fraction of sp³-hybridized carbons (Fsp3) is 0.222. The van der Waals surface area contributed by atoms with Gasteiger partial charge in [-0.3, -0.25) is 0 Å². The van der Waals surface area contributed by atoms with Crippen LogP contribution in [-0.4, -0.2) is 12.6 Å². The number of hydrogen-bond acceptors (Lipinski definition) is 3. The molecule has 1 aromatic heterocycles. The molecule has 0 atom stereocenters. The summed E-state index contributed by atoms with van der Waals surface area (Å²) in [4.78, 5) is 10.8. The van der Waals surface area contributed by atoms with Crippen LogP contribution in [-0.2, 0) is 9.53 Å². The second kappa shape index (κ2) is 4.38. The van der Waals surface area contributed by atoms with Crippen LogP contribution in [0.5, 0.6) is 0 Å². The Hall–Kier alpha value is -1.51. The molecule has 0 bridgehead atoms. The largest absolute Gasteiger partial charge is 0.465 e. The molecule has 0 radical (unpaired) electrons. The van der Waals surface area contributed by atoms with E-state index < -0.39 is 0 Å². The Kier molecular flexibility index (Phi) is 3.14. The third kappa shape index (κ3) is 2.62. The standard InChI is InChI=1S/C9H10O3/c1-2-11-9(10)6-5-8-4-3-7-12-8/h3-7H,2H2,1H3/b6-5-. The summed E-state index contributed by atoms with van der Waals surface area (Å²) in [7, 11) is 0. The molecule has 0 aliphatic rings. The highest BCUT2D eigenvalue weighted by atomic mass is 16.5. The van der Waals surface area contributed by atoms with E-state index >= 15 is 0 Å². The molecule has 0 aliphatic carbocycles. The topological polar surface area (TPSA) is 39.4 Å². The van der Waals surface area contributed by atoms with Gasteiger partial charge in [0.2, 0.25) is 0 Å². The van der Waals surface area contributed by atoms with E-state index in [2.05, 4.69) is 4.74 Å². The van der Waals surface area contributed by atoms with Crippen molar-refractivity contribution < 1.29 is 13.9 Å². The Morgan fingerprint density at radius 3 is 3.17 bits per heavy atom. The number of carbonyl (C=O) groups excluding carboxylic acids is 1. The van der Waals surface area contributed by atoms with Crippen molar-refractivity contribution in [2.75, 3.05) is 6.61 Å². The number of rotatable bonds is 3. The lowest BCUT2D eigenvalue weighted by molar-refractivity contribution is -0.137. The average Bonchev–Trinajstić information content (AvgIpc) is 2.53. The van der Waals surface area contributed by atoms with Crippen LogP contribution >= 0.6 is 0 Å². The normalized spacial score (nSPS) is 10.4. The fourth-order valence-electron chi connectivity index (χ4n) is 0.727. The Bertz CT molecular complexity index is 259. The molecule has 1 aromatic rings. The van der Waals surface area contributed by atoms with Crippen LogP contribution in [0.25, 0.3) is 6.08 Å². The average molecular weight is 166 g/mol. The number of hydrogen-bond donors (Lipinski definition) is 0. The van der Waals surface area contributed by atoms with Gasteiger partial charge in [-0.05, 0) is 25.1 Å². The zero-order valence-corrected chi connectivity index (χ0v) is 6.82. The molecule has 0 aromatic carbocycles. The van der Waals surface area contributed by atoms with Crippen molar-refractivity contribution in [2.24, 2.45) is 0 Å². The monoisotopic (exact) mass is 166 g/mol. The third-order valence-corrected chi connectivity index (χ3v) is 1.21. The van der Waals surface area contributed by atoms with Gasteiger partial charge in [0, 0.05) is 6.08 Å². The maximum absolute atomic E-state index is 10.8. The lowest BCUT2D eigenvalue weighted by atomic mass is 10.4. The SMILES string of the molecule is CCOC(=O)/C=C\c1ccco1. The summed E-state index contributed by atoms with van der Waals surface area (Å²) in [5.74, 6) is 0.289. The van der Waals surface area contributed by atoms with Gasteiger partial charge >= 0.3 is 5.97 Å². The molecule has 3 heteroatoms. The first-order chi connectivity index (χ1) is 5.83. The minimum atomic E-state index is -0.353. The minimum Gasteiger partial charge on any atom is -0.465 e. The van der Waals surface area contributed by atoms with E-state index in [4.69, 9.17) is 4.42 Å². The van der Waals surface area contributed by atoms with Gasteiger partial charge in [-0.25, -0.2) is 4.79 Å². The van der Waals surface area contributed by atoms with Crippen LogP contribution in [0.2, 0.25) is 0 Å². The van der Waals surface area contributed by atoms with Gasteiger partial charge < -0.3 is 9.15 Å². The molecular formula is C9H10O3. The van der Waals surface area contributed by atoms with Gasteiger partial charge in [-0.2, -0.15) is 0 Å². The van der Waals surface area contributed by atoms with Crippen molar-refractivity contribution in [1.29, 1.82) is 0 Å².